The van der Waals surface area contributed by atoms with E-state index < -0.39 is 0 Å². The smallest absolute Gasteiger partial charge is 0.134 e. The van der Waals surface area contributed by atoms with Crippen LogP contribution in [-0.4, -0.2) is 64.6 Å². The maximum atomic E-state index is 10.3. The maximum Gasteiger partial charge on any atom is 0.134 e. The number of hydrogen-bond acceptors (Lipinski definition) is 7. The van der Waals surface area contributed by atoms with Crippen LogP contribution in [0.3, 0.4) is 0 Å². The minimum atomic E-state index is -0.351. The maximum absolute atomic E-state index is 10.3. The van der Waals surface area contributed by atoms with Crippen molar-refractivity contribution >= 4 is 22.5 Å². The van der Waals surface area contributed by atoms with Gasteiger partial charge in [0.2, 0.25) is 0 Å². The van der Waals surface area contributed by atoms with Crippen LogP contribution >= 0.6 is 0 Å². The Balaban J connectivity index is 1.48. The molecule has 3 heterocycles. The van der Waals surface area contributed by atoms with Crippen molar-refractivity contribution in [1.82, 2.24) is 25.5 Å². The highest BCUT2D eigenvalue weighted by atomic mass is 16.3. The molecule has 148 valence electrons. The minimum Gasteiger partial charge on any atom is -0.391 e. The van der Waals surface area contributed by atoms with Gasteiger partial charge in [0, 0.05) is 50.7 Å². The summed E-state index contributed by atoms with van der Waals surface area (Å²) < 4.78 is 0. The number of hydrogen-bond donors (Lipinski definition) is 3. The number of aliphatic hydroxyl groups is 1. The summed E-state index contributed by atoms with van der Waals surface area (Å²) in [5.74, 6) is 1.71. The second-order valence-electron chi connectivity index (χ2n) is 7.64. The van der Waals surface area contributed by atoms with Crippen LogP contribution in [0.2, 0.25) is 0 Å². The molecule has 3 N–H and O–H groups in total. The molecule has 3 aromatic rings. The van der Waals surface area contributed by atoms with E-state index in [0.29, 0.717) is 6.54 Å². The lowest BCUT2D eigenvalue weighted by molar-refractivity contribution is 0.193. The van der Waals surface area contributed by atoms with E-state index in [4.69, 9.17) is 0 Å². The molecule has 1 aromatic carbocycles. The van der Waals surface area contributed by atoms with Crippen LogP contribution in [0.4, 0.5) is 11.6 Å². The van der Waals surface area contributed by atoms with E-state index in [1.54, 1.807) is 6.33 Å². The van der Waals surface area contributed by atoms with E-state index in [1.165, 1.54) is 5.56 Å². The molecule has 0 amide bonds. The Morgan fingerprint density at radius 3 is 3.04 bits per heavy atom. The highest BCUT2D eigenvalue weighted by molar-refractivity contribution is 5.81. The molecule has 0 spiro atoms. The first kappa shape index (κ1) is 18.6. The zero-order chi connectivity index (χ0) is 19.7. The third-order valence-corrected chi connectivity index (χ3v) is 5.42. The average Bonchev–Trinajstić information content (AvgIpc) is 3.32. The van der Waals surface area contributed by atoms with Gasteiger partial charge in [-0.05, 0) is 18.9 Å². The molecule has 3 atom stereocenters. The van der Waals surface area contributed by atoms with Crippen molar-refractivity contribution in [3.63, 3.8) is 0 Å². The molecule has 0 saturated carbocycles. The van der Waals surface area contributed by atoms with E-state index in [-0.39, 0.29) is 18.2 Å². The Kier molecular flexibility index (Phi) is 5.15. The van der Waals surface area contributed by atoms with Gasteiger partial charge < -0.3 is 20.2 Å². The predicted molar refractivity (Wildman–Crippen MR) is 111 cm³/mol. The summed E-state index contributed by atoms with van der Waals surface area (Å²) in [6.45, 7) is 3.49. The van der Waals surface area contributed by atoms with E-state index >= 15 is 0 Å². The Morgan fingerprint density at radius 2 is 2.21 bits per heavy atom. The zero-order valence-electron chi connectivity index (χ0n) is 16.5. The third kappa shape index (κ3) is 3.65. The summed E-state index contributed by atoms with van der Waals surface area (Å²) >= 11 is 0. The first-order valence-corrected chi connectivity index (χ1v) is 9.62. The number of nitrogens with one attached hydrogen (secondary N) is 2. The lowest BCUT2D eigenvalue weighted by Crippen LogP contribution is -2.39. The number of fused-ring (bicyclic) bond motifs is 1. The van der Waals surface area contributed by atoms with Gasteiger partial charge in [0.25, 0.3) is 0 Å². The molecule has 0 aliphatic carbocycles. The number of para-hydroxylation sites is 1. The van der Waals surface area contributed by atoms with E-state index in [2.05, 4.69) is 55.5 Å². The fourth-order valence-electron chi connectivity index (χ4n) is 3.88. The van der Waals surface area contributed by atoms with Gasteiger partial charge in [-0.15, -0.1) is 0 Å². The van der Waals surface area contributed by atoms with Crippen LogP contribution in [0.15, 0.2) is 36.8 Å². The standard InChI is InChI=1S/C20H27N7O/c1-13(17-6-4-5-14-9-24-25-20(14)17)21-10-15-7-16(28)11-27(15)19-8-18(26(2)3)22-12-23-19/h4-6,8-9,12-13,15-16,21,28H,7,10-11H2,1-3H3,(H,24,25)/t13?,15-,16-/m1/s1. The van der Waals surface area contributed by atoms with Crippen molar-refractivity contribution in [1.29, 1.82) is 0 Å². The molecular weight excluding hydrogens is 354 g/mol. The van der Waals surface area contributed by atoms with E-state index in [0.717, 1.165) is 35.5 Å². The number of anilines is 2. The summed E-state index contributed by atoms with van der Waals surface area (Å²) in [5.41, 5.74) is 2.26. The van der Waals surface area contributed by atoms with Gasteiger partial charge in [-0.1, -0.05) is 18.2 Å². The van der Waals surface area contributed by atoms with Crippen LogP contribution in [0.5, 0.6) is 0 Å². The summed E-state index contributed by atoms with van der Waals surface area (Å²) in [6.07, 6.45) is 3.80. The molecule has 4 rings (SSSR count). The Bertz CT molecular complexity index is 941. The fourth-order valence-corrected chi connectivity index (χ4v) is 3.88. The number of aliphatic hydroxyl groups excluding tert-OH is 1. The fraction of sp³-hybridized carbons (Fsp3) is 0.450. The predicted octanol–water partition coefficient (Wildman–Crippen LogP) is 1.71. The van der Waals surface area contributed by atoms with Crippen LogP contribution in [0.25, 0.3) is 10.9 Å². The van der Waals surface area contributed by atoms with Gasteiger partial charge in [0.1, 0.15) is 18.0 Å². The summed E-state index contributed by atoms with van der Waals surface area (Å²) in [5, 5.41) is 22.3. The Labute approximate surface area is 164 Å². The number of nitrogens with zero attached hydrogens (tertiary/aromatic N) is 5. The molecule has 0 radical (unpaired) electrons. The van der Waals surface area contributed by atoms with Crippen molar-refractivity contribution < 1.29 is 5.11 Å². The number of rotatable bonds is 6. The van der Waals surface area contributed by atoms with E-state index in [1.807, 2.05) is 31.3 Å². The van der Waals surface area contributed by atoms with Gasteiger partial charge in [0.15, 0.2) is 0 Å². The van der Waals surface area contributed by atoms with Crippen molar-refractivity contribution in [2.45, 2.75) is 31.5 Å². The Hall–Kier alpha value is -2.71. The number of β-amino-alcohol motifs (C(OH)–C–C–N with tert-alkyl or cyclic N) is 1. The largest absolute Gasteiger partial charge is 0.391 e. The van der Waals surface area contributed by atoms with Gasteiger partial charge in [-0.3, -0.25) is 5.10 Å². The molecule has 28 heavy (non-hydrogen) atoms. The molecule has 8 heteroatoms. The van der Waals surface area contributed by atoms with Gasteiger partial charge in [0.05, 0.1) is 17.8 Å². The molecule has 1 aliphatic heterocycles. The summed E-state index contributed by atoms with van der Waals surface area (Å²) in [7, 11) is 3.92. The van der Waals surface area contributed by atoms with Crippen LogP contribution in [-0.2, 0) is 0 Å². The van der Waals surface area contributed by atoms with Crippen molar-refractivity contribution in [2.75, 3.05) is 37.0 Å². The number of H-pyrrole nitrogens is 1. The average molecular weight is 381 g/mol. The van der Waals surface area contributed by atoms with Crippen molar-refractivity contribution in [3.05, 3.63) is 42.4 Å². The second kappa shape index (κ2) is 7.73. The summed E-state index contributed by atoms with van der Waals surface area (Å²) in [4.78, 5) is 12.9. The van der Waals surface area contributed by atoms with Gasteiger partial charge in [-0.2, -0.15) is 5.10 Å². The normalized spacial score (nSPS) is 20.6. The molecule has 1 saturated heterocycles. The SMILES string of the molecule is CC(NC[C@H]1C[C@@H](O)CN1c1cc(N(C)C)ncn1)c1cccc2cn[nH]c12. The van der Waals surface area contributed by atoms with Gasteiger partial charge >= 0.3 is 0 Å². The quantitative estimate of drug-likeness (QED) is 0.598. The van der Waals surface area contributed by atoms with E-state index in [9.17, 15) is 5.11 Å². The van der Waals surface area contributed by atoms with Crippen LogP contribution in [0, 0.1) is 0 Å². The number of aromatic amines is 1. The molecule has 1 unspecified atom stereocenters. The van der Waals surface area contributed by atoms with Gasteiger partial charge in [-0.25, -0.2) is 9.97 Å². The zero-order valence-corrected chi connectivity index (χ0v) is 16.5. The molecule has 2 aromatic heterocycles. The first-order valence-electron chi connectivity index (χ1n) is 9.62. The first-order chi connectivity index (χ1) is 13.5. The topological polar surface area (TPSA) is 93.2 Å². The highest BCUT2D eigenvalue weighted by Crippen LogP contribution is 2.27. The molecule has 1 aliphatic rings. The second-order valence-corrected chi connectivity index (χ2v) is 7.64. The Morgan fingerprint density at radius 1 is 1.36 bits per heavy atom. The molecular formula is C20H27N7O. The third-order valence-electron chi connectivity index (χ3n) is 5.42. The monoisotopic (exact) mass is 381 g/mol. The lowest BCUT2D eigenvalue weighted by Gasteiger charge is -2.27. The number of aromatic nitrogens is 4. The van der Waals surface area contributed by atoms with Crippen molar-refractivity contribution in [2.24, 2.45) is 0 Å². The summed E-state index contributed by atoms with van der Waals surface area (Å²) in [6, 6.07) is 8.53. The molecule has 0 bridgehead atoms. The molecule has 8 nitrogen and oxygen atoms in total. The van der Waals surface area contributed by atoms with Crippen molar-refractivity contribution in [3.8, 4) is 0 Å². The van der Waals surface area contributed by atoms with Crippen LogP contribution < -0.4 is 15.1 Å². The lowest BCUT2D eigenvalue weighted by atomic mass is 10.0. The van der Waals surface area contributed by atoms with Crippen LogP contribution in [0.1, 0.15) is 24.9 Å². The molecule has 1 fully saturated rings. The number of benzene rings is 1. The minimum absolute atomic E-state index is 0.159. The highest BCUT2D eigenvalue weighted by Gasteiger charge is 2.32.